The van der Waals surface area contributed by atoms with Crippen molar-refractivity contribution in [1.29, 1.82) is 0 Å². The number of aromatic nitrogens is 2. The minimum absolute atomic E-state index is 0.339. The van der Waals surface area contributed by atoms with Gasteiger partial charge in [-0.2, -0.15) is 0 Å². The van der Waals surface area contributed by atoms with Gasteiger partial charge in [0.15, 0.2) is 0 Å². The van der Waals surface area contributed by atoms with Crippen molar-refractivity contribution in [2.45, 2.75) is 25.6 Å². The maximum Gasteiger partial charge on any atom is 0.243 e. The van der Waals surface area contributed by atoms with E-state index in [1.54, 1.807) is 0 Å². The van der Waals surface area contributed by atoms with Crippen LogP contribution in [0.3, 0.4) is 0 Å². The summed E-state index contributed by atoms with van der Waals surface area (Å²) < 4.78 is 4.95. The van der Waals surface area contributed by atoms with Crippen LogP contribution in [0, 0.1) is 0 Å². The molecule has 0 bridgehead atoms. The van der Waals surface area contributed by atoms with Crippen molar-refractivity contribution in [2.75, 3.05) is 45.3 Å². The first-order chi connectivity index (χ1) is 11.3. The topological polar surface area (TPSA) is 67.1 Å². The zero-order valence-electron chi connectivity index (χ0n) is 15.0. The van der Waals surface area contributed by atoms with Crippen LogP contribution in [0.15, 0.2) is 43.0 Å². The van der Waals surface area contributed by atoms with Crippen LogP contribution >= 0.6 is 0 Å². The van der Waals surface area contributed by atoms with Crippen LogP contribution in [0.1, 0.15) is 6.42 Å². The average Bonchev–Trinajstić information content (AvgIpc) is 2.90. The highest BCUT2D eigenvalue weighted by molar-refractivity contribution is 5.65. The number of imidazole rings is 1. The summed E-state index contributed by atoms with van der Waals surface area (Å²) in [6.07, 6.45) is 6.78. The smallest absolute Gasteiger partial charge is 0.243 e. The van der Waals surface area contributed by atoms with E-state index in [1.807, 2.05) is 35.0 Å². The van der Waals surface area contributed by atoms with Crippen molar-refractivity contribution in [3.63, 3.8) is 0 Å². The Morgan fingerprint density at radius 2 is 2.04 bits per heavy atom. The number of aliphatic hydroxyl groups is 1. The van der Waals surface area contributed by atoms with Gasteiger partial charge in [0.05, 0.1) is 39.1 Å². The molecule has 0 saturated carbocycles. The average molecular weight is 333 g/mol. The summed E-state index contributed by atoms with van der Waals surface area (Å²) in [5.74, 6) is 0. The van der Waals surface area contributed by atoms with E-state index >= 15 is 0 Å². The van der Waals surface area contributed by atoms with Gasteiger partial charge in [-0.3, -0.25) is 0 Å². The Labute approximate surface area is 144 Å². The number of hydrogen-bond acceptors (Lipinski definition) is 3. The van der Waals surface area contributed by atoms with Crippen LogP contribution in [0.4, 0.5) is 11.4 Å². The molecule has 6 nitrogen and oxygen atoms in total. The number of nitrogens with zero attached hydrogens (tertiary/aromatic N) is 3. The van der Waals surface area contributed by atoms with Crippen LogP contribution in [0.5, 0.6) is 0 Å². The standard InChI is InChI=1S/C18H31N5O/c1-23(2,3)14-16(24)13-22-12-11-21(15-22)10-6-9-20-18-8-5-4-7-17(18)19/h4-5,7-8,11-12,15-16,20,24H,6,9-10,13-14,19H2,1-3H3/q+2. The number of nitrogen functional groups attached to an aromatic ring is 1. The lowest BCUT2D eigenvalue weighted by Crippen LogP contribution is -2.47. The fourth-order valence-corrected chi connectivity index (χ4v) is 2.76. The van der Waals surface area contributed by atoms with E-state index in [-0.39, 0.29) is 6.10 Å². The van der Waals surface area contributed by atoms with E-state index in [1.165, 1.54) is 0 Å². The molecular formula is C18H31N5O+2. The summed E-state index contributed by atoms with van der Waals surface area (Å²) >= 11 is 0. The molecule has 0 saturated heterocycles. The molecule has 0 aliphatic heterocycles. The van der Waals surface area contributed by atoms with E-state index in [9.17, 15) is 5.11 Å². The second-order valence-corrected chi connectivity index (χ2v) is 7.34. The molecule has 1 aromatic carbocycles. The quantitative estimate of drug-likeness (QED) is 0.277. The van der Waals surface area contributed by atoms with Gasteiger partial charge in [0, 0.05) is 13.0 Å². The summed E-state index contributed by atoms with van der Waals surface area (Å²) in [4.78, 5) is 0. The van der Waals surface area contributed by atoms with Gasteiger partial charge in [-0.05, 0) is 12.1 Å². The minimum atomic E-state index is -0.339. The normalized spacial score (nSPS) is 13.0. The first kappa shape index (κ1) is 18.3. The molecule has 2 aromatic rings. The van der Waals surface area contributed by atoms with Crippen molar-refractivity contribution in [3.8, 4) is 0 Å². The highest BCUT2D eigenvalue weighted by atomic mass is 16.3. The van der Waals surface area contributed by atoms with E-state index in [4.69, 9.17) is 5.73 Å². The Hall–Kier alpha value is -2.05. The molecule has 132 valence electrons. The summed E-state index contributed by atoms with van der Waals surface area (Å²) in [5, 5.41) is 13.5. The van der Waals surface area contributed by atoms with Gasteiger partial charge < -0.3 is 20.6 Å². The fourth-order valence-electron chi connectivity index (χ4n) is 2.76. The monoisotopic (exact) mass is 333 g/mol. The second kappa shape index (κ2) is 8.17. The molecule has 1 aromatic heterocycles. The van der Waals surface area contributed by atoms with Gasteiger partial charge >= 0.3 is 0 Å². The zero-order chi connectivity index (χ0) is 17.6. The number of aliphatic hydroxyl groups excluding tert-OH is 1. The summed E-state index contributed by atoms with van der Waals surface area (Å²) in [5.41, 5.74) is 7.68. The number of rotatable bonds is 9. The van der Waals surface area contributed by atoms with Gasteiger partial charge in [-0.25, -0.2) is 9.13 Å². The van der Waals surface area contributed by atoms with Crippen LogP contribution < -0.4 is 15.6 Å². The lowest BCUT2D eigenvalue weighted by atomic mass is 10.2. The molecule has 4 N–H and O–H groups in total. The molecule has 0 spiro atoms. The number of benzene rings is 1. The SMILES string of the molecule is C[N+](C)(C)CC(O)C[n+]1ccn(CCCNc2ccccc2N)c1. The van der Waals surface area contributed by atoms with E-state index in [2.05, 4.69) is 43.6 Å². The minimum Gasteiger partial charge on any atom is -0.397 e. The molecule has 0 aliphatic carbocycles. The second-order valence-electron chi connectivity index (χ2n) is 7.34. The summed E-state index contributed by atoms with van der Waals surface area (Å²) in [7, 11) is 6.27. The highest BCUT2D eigenvalue weighted by Crippen LogP contribution is 2.16. The molecular weight excluding hydrogens is 302 g/mol. The van der Waals surface area contributed by atoms with Crippen LogP contribution in [-0.2, 0) is 13.1 Å². The van der Waals surface area contributed by atoms with E-state index in [0.29, 0.717) is 6.54 Å². The van der Waals surface area contributed by atoms with E-state index < -0.39 is 0 Å². The third-order valence-corrected chi connectivity index (χ3v) is 3.80. The Balaban J connectivity index is 1.73. The highest BCUT2D eigenvalue weighted by Gasteiger charge is 2.18. The summed E-state index contributed by atoms with van der Waals surface area (Å²) in [6, 6.07) is 7.81. The molecule has 2 rings (SSSR count). The number of aryl methyl sites for hydroxylation is 1. The summed E-state index contributed by atoms with van der Waals surface area (Å²) in [6.45, 7) is 3.16. The molecule has 1 unspecified atom stereocenters. The zero-order valence-corrected chi connectivity index (χ0v) is 15.0. The lowest BCUT2D eigenvalue weighted by molar-refractivity contribution is -0.877. The number of likely N-dealkylation sites (N-methyl/N-ethyl adjacent to an activating group) is 1. The number of anilines is 2. The number of nitrogens with one attached hydrogen (secondary N) is 1. The molecule has 6 heteroatoms. The van der Waals surface area contributed by atoms with Gasteiger partial charge in [0.2, 0.25) is 6.33 Å². The Kier molecular flexibility index (Phi) is 6.23. The molecule has 0 aliphatic rings. The number of quaternary nitrogens is 1. The predicted molar refractivity (Wildman–Crippen MR) is 97.5 cm³/mol. The van der Waals surface area contributed by atoms with Crippen molar-refractivity contribution in [2.24, 2.45) is 0 Å². The lowest BCUT2D eigenvalue weighted by Gasteiger charge is -2.25. The molecule has 1 atom stereocenters. The molecule has 1 heterocycles. The number of nitrogens with two attached hydrogens (primary N) is 1. The third-order valence-electron chi connectivity index (χ3n) is 3.80. The number of hydrogen-bond donors (Lipinski definition) is 3. The van der Waals surface area contributed by atoms with Gasteiger partial charge in [0.1, 0.15) is 31.6 Å². The number of para-hydroxylation sites is 2. The fraction of sp³-hybridized carbons (Fsp3) is 0.500. The third kappa shape index (κ3) is 6.22. The van der Waals surface area contributed by atoms with Crippen LogP contribution in [0.2, 0.25) is 0 Å². The van der Waals surface area contributed by atoms with Crippen molar-refractivity contribution in [3.05, 3.63) is 43.0 Å². The largest absolute Gasteiger partial charge is 0.397 e. The molecule has 0 amide bonds. The first-order valence-corrected chi connectivity index (χ1v) is 8.45. The van der Waals surface area contributed by atoms with Gasteiger partial charge in [-0.1, -0.05) is 12.1 Å². The Morgan fingerprint density at radius 1 is 1.29 bits per heavy atom. The Bertz CT molecular complexity index is 632. The molecule has 0 radical (unpaired) electrons. The predicted octanol–water partition coefficient (Wildman–Crippen LogP) is 0.927. The van der Waals surface area contributed by atoms with Crippen molar-refractivity contribution in [1.82, 2.24) is 4.57 Å². The molecule has 24 heavy (non-hydrogen) atoms. The van der Waals surface area contributed by atoms with Gasteiger partial charge in [-0.15, -0.1) is 0 Å². The van der Waals surface area contributed by atoms with Crippen molar-refractivity contribution >= 4 is 11.4 Å². The van der Waals surface area contributed by atoms with E-state index in [0.717, 1.165) is 41.9 Å². The first-order valence-electron chi connectivity index (χ1n) is 8.45. The van der Waals surface area contributed by atoms with Crippen LogP contribution in [-0.4, -0.2) is 54.5 Å². The van der Waals surface area contributed by atoms with Crippen molar-refractivity contribution < 1.29 is 14.2 Å². The maximum atomic E-state index is 10.1. The van der Waals surface area contributed by atoms with Crippen LogP contribution in [0.25, 0.3) is 0 Å². The maximum absolute atomic E-state index is 10.1. The molecule has 0 fully saturated rings. The van der Waals surface area contributed by atoms with Gasteiger partial charge in [0.25, 0.3) is 0 Å². The Morgan fingerprint density at radius 3 is 2.75 bits per heavy atom.